The summed E-state index contributed by atoms with van der Waals surface area (Å²) in [5.74, 6) is -2.97. The van der Waals surface area contributed by atoms with Crippen LogP contribution in [0.1, 0.15) is 10.5 Å². The number of hydrogen-bond acceptors (Lipinski definition) is 3. The SMILES string of the molecule is Nc1c[nH]c(C(=O)Nc2ccccc2SC(F)F)c1. The van der Waals surface area contributed by atoms with Crippen molar-refractivity contribution in [2.45, 2.75) is 10.7 Å². The first-order valence-electron chi connectivity index (χ1n) is 5.35. The predicted molar refractivity (Wildman–Crippen MR) is 71.5 cm³/mol. The Morgan fingerprint density at radius 2 is 2.11 bits per heavy atom. The van der Waals surface area contributed by atoms with Gasteiger partial charge in [-0.25, -0.2) is 0 Å². The van der Waals surface area contributed by atoms with Gasteiger partial charge in [-0.05, 0) is 18.2 Å². The third kappa shape index (κ3) is 3.47. The molecule has 0 bridgehead atoms. The number of halogens is 2. The number of nitrogen functional groups attached to an aromatic ring is 1. The number of H-pyrrole nitrogens is 1. The Labute approximate surface area is 112 Å². The molecular weight excluding hydrogens is 272 g/mol. The fourth-order valence-corrected chi connectivity index (χ4v) is 2.10. The normalized spacial score (nSPS) is 10.7. The molecular formula is C12H11F2N3OS. The molecule has 0 aliphatic rings. The standard InChI is InChI=1S/C12H11F2N3OS/c13-12(14)19-10-4-2-1-3-8(10)17-11(18)9-5-7(15)6-16-9/h1-6,12,16H,15H2,(H,17,18). The highest BCUT2D eigenvalue weighted by molar-refractivity contribution is 7.99. The summed E-state index contributed by atoms with van der Waals surface area (Å²) in [4.78, 5) is 14.9. The van der Waals surface area contributed by atoms with Crippen molar-refractivity contribution in [1.82, 2.24) is 4.98 Å². The minimum absolute atomic E-state index is 0.273. The first kappa shape index (κ1) is 13.4. The third-order valence-corrected chi connectivity index (χ3v) is 3.09. The Kier molecular flexibility index (Phi) is 4.06. The number of carbonyl (C=O) groups excluding carboxylic acids is 1. The minimum atomic E-state index is -2.54. The van der Waals surface area contributed by atoms with Crippen LogP contribution in [0.4, 0.5) is 20.2 Å². The zero-order chi connectivity index (χ0) is 13.8. The fraction of sp³-hybridized carbons (Fsp3) is 0.0833. The highest BCUT2D eigenvalue weighted by Crippen LogP contribution is 2.31. The molecule has 0 saturated heterocycles. The second kappa shape index (κ2) is 5.75. The Balaban J connectivity index is 2.16. The number of nitrogens with two attached hydrogens (primary N) is 1. The van der Waals surface area contributed by atoms with Gasteiger partial charge in [0.25, 0.3) is 11.7 Å². The molecule has 1 aromatic heterocycles. The minimum Gasteiger partial charge on any atom is -0.397 e. The van der Waals surface area contributed by atoms with E-state index >= 15 is 0 Å². The Morgan fingerprint density at radius 3 is 2.74 bits per heavy atom. The molecule has 19 heavy (non-hydrogen) atoms. The number of benzene rings is 1. The lowest BCUT2D eigenvalue weighted by Crippen LogP contribution is -2.12. The molecule has 0 atom stereocenters. The average molecular weight is 283 g/mol. The van der Waals surface area contributed by atoms with Crippen LogP contribution in [0.15, 0.2) is 41.4 Å². The maximum absolute atomic E-state index is 12.4. The van der Waals surface area contributed by atoms with E-state index in [9.17, 15) is 13.6 Å². The number of amides is 1. The fourth-order valence-electron chi connectivity index (χ4n) is 1.50. The maximum atomic E-state index is 12.4. The van der Waals surface area contributed by atoms with E-state index in [0.717, 1.165) is 0 Å². The van der Waals surface area contributed by atoms with Gasteiger partial charge in [-0.1, -0.05) is 23.9 Å². The van der Waals surface area contributed by atoms with E-state index in [4.69, 9.17) is 5.73 Å². The number of thioether (sulfide) groups is 1. The quantitative estimate of drug-likeness (QED) is 0.755. The molecule has 1 amide bonds. The monoisotopic (exact) mass is 283 g/mol. The lowest BCUT2D eigenvalue weighted by atomic mass is 10.3. The molecule has 2 rings (SSSR count). The van der Waals surface area contributed by atoms with Crippen LogP contribution in [0, 0.1) is 0 Å². The van der Waals surface area contributed by atoms with Gasteiger partial charge in [-0.2, -0.15) is 8.78 Å². The maximum Gasteiger partial charge on any atom is 0.288 e. The van der Waals surface area contributed by atoms with Crippen molar-refractivity contribution >= 4 is 29.0 Å². The van der Waals surface area contributed by atoms with Gasteiger partial charge in [0.05, 0.1) is 5.69 Å². The van der Waals surface area contributed by atoms with Crippen molar-refractivity contribution in [3.8, 4) is 0 Å². The van der Waals surface area contributed by atoms with Crippen LogP contribution < -0.4 is 11.1 Å². The zero-order valence-corrected chi connectivity index (χ0v) is 10.5. The molecule has 0 saturated carbocycles. The Morgan fingerprint density at radius 1 is 1.37 bits per heavy atom. The van der Waals surface area contributed by atoms with E-state index in [0.29, 0.717) is 28.0 Å². The molecule has 0 radical (unpaired) electrons. The van der Waals surface area contributed by atoms with Crippen LogP contribution in [-0.2, 0) is 0 Å². The lowest BCUT2D eigenvalue weighted by Gasteiger charge is -2.09. The molecule has 2 aromatic rings. The first-order chi connectivity index (χ1) is 9.06. The van der Waals surface area contributed by atoms with Crippen molar-refractivity contribution in [3.05, 3.63) is 42.2 Å². The van der Waals surface area contributed by atoms with Crippen LogP contribution in [0.3, 0.4) is 0 Å². The van der Waals surface area contributed by atoms with Gasteiger partial charge in [0.1, 0.15) is 5.69 Å². The summed E-state index contributed by atoms with van der Waals surface area (Å²) in [5.41, 5.74) is 6.53. The Bertz CT molecular complexity index is 586. The molecule has 100 valence electrons. The summed E-state index contributed by atoms with van der Waals surface area (Å²) in [6, 6.07) is 7.85. The van der Waals surface area contributed by atoms with E-state index in [1.807, 2.05) is 0 Å². The molecule has 1 heterocycles. The molecule has 0 aliphatic heterocycles. The van der Waals surface area contributed by atoms with Crippen molar-refractivity contribution in [2.24, 2.45) is 0 Å². The smallest absolute Gasteiger partial charge is 0.288 e. The largest absolute Gasteiger partial charge is 0.397 e. The number of rotatable bonds is 4. The third-order valence-electron chi connectivity index (χ3n) is 2.30. The molecule has 7 heteroatoms. The predicted octanol–water partition coefficient (Wildman–Crippen LogP) is 3.16. The van der Waals surface area contributed by atoms with Gasteiger partial charge >= 0.3 is 0 Å². The van der Waals surface area contributed by atoms with Crippen molar-refractivity contribution in [3.63, 3.8) is 0 Å². The van der Waals surface area contributed by atoms with Gasteiger partial charge in [-0.3, -0.25) is 4.79 Å². The molecule has 0 fully saturated rings. The number of para-hydroxylation sites is 1. The second-order valence-electron chi connectivity index (χ2n) is 3.68. The highest BCUT2D eigenvalue weighted by atomic mass is 32.2. The summed E-state index contributed by atoms with van der Waals surface area (Å²) >= 11 is 0.384. The van der Waals surface area contributed by atoms with Crippen molar-refractivity contribution in [2.75, 3.05) is 11.1 Å². The number of alkyl halides is 2. The van der Waals surface area contributed by atoms with Gasteiger partial charge in [0, 0.05) is 16.8 Å². The summed E-state index contributed by atoms with van der Waals surface area (Å²) < 4.78 is 24.8. The van der Waals surface area contributed by atoms with Crippen LogP contribution >= 0.6 is 11.8 Å². The van der Waals surface area contributed by atoms with E-state index in [1.54, 1.807) is 18.2 Å². The topological polar surface area (TPSA) is 70.9 Å². The van der Waals surface area contributed by atoms with Crippen LogP contribution in [0.5, 0.6) is 0 Å². The number of aromatic nitrogens is 1. The van der Waals surface area contributed by atoms with Crippen LogP contribution in [0.25, 0.3) is 0 Å². The second-order valence-corrected chi connectivity index (χ2v) is 4.71. The van der Waals surface area contributed by atoms with E-state index in [-0.39, 0.29) is 5.69 Å². The molecule has 4 nitrogen and oxygen atoms in total. The average Bonchev–Trinajstić information content (AvgIpc) is 2.78. The number of hydrogen-bond donors (Lipinski definition) is 3. The van der Waals surface area contributed by atoms with Gasteiger partial charge in [-0.15, -0.1) is 0 Å². The van der Waals surface area contributed by atoms with Gasteiger partial charge in [0.15, 0.2) is 0 Å². The zero-order valence-electron chi connectivity index (χ0n) is 9.69. The van der Waals surface area contributed by atoms with Crippen LogP contribution in [-0.4, -0.2) is 16.6 Å². The van der Waals surface area contributed by atoms with E-state index in [1.165, 1.54) is 18.3 Å². The summed E-state index contributed by atoms with van der Waals surface area (Å²) in [6.45, 7) is 0. The van der Waals surface area contributed by atoms with Gasteiger partial charge in [0.2, 0.25) is 0 Å². The molecule has 1 aromatic carbocycles. The first-order valence-corrected chi connectivity index (χ1v) is 6.23. The van der Waals surface area contributed by atoms with Gasteiger partial charge < -0.3 is 16.0 Å². The molecule has 0 spiro atoms. The Hall–Kier alpha value is -2.02. The molecule has 4 N–H and O–H groups in total. The van der Waals surface area contributed by atoms with E-state index in [2.05, 4.69) is 10.3 Å². The highest BCUT2D eigenvalue weighted by Gasteiger charge is 2.13. The van der Waals surface area contributed by atoms with Crippen LogP contribution in [0.2, 0.25) is 0 Å². The summed E-state index contributed by atoms with van der Waals surface area (Å²) in [6.07, 6.45) is 1.48. The molecule has 0 aliphatic carbocycles. The summed E-state index contributed by atoms with van der Waals surface area (Å²) in [5, 5.41) is 2.57. The number of nitrogens with one attached hydrogen (secondary N) is 2. The number of carbonyl (C=O) groups is 1. The van der Waals surface area contributed by atoms with Crippen molar-refractivity contribution < 1.29 is 13.6 Å². The molecule has 0 unspecified atom stereocenters. The lowest BCUT2D eigenvalue weighted by molar-refractivity contribution is 0.102. The number of anilines is 2. The van der Waals surface area contributed by atoms with Crippen molar-refractivity contribution in [1.29, 1.82) is 0 Å². The number of aromatic amines is 1. The van der Waals surface area contributed by atoms with E-state index < -0.39 is 11.7 Å². The summed E-state index contributed by atoms with van der Waals surface area (Å²) in [7, 11) is 0.